The first-order valence-corrected chi connectivity index (χ1v) is 9.52. The average Bonchev–Trinajstić information content (AvgIpc) is 2.69. The van der Waals surface area contributed by atoms with E-state index in [0.29, 0.717) is 27.7 Å². The van der Waals surface area contributed by atoms with Crippen molar-refractivity contribution in [3.05, 3.63) is 68.3 Å². The van der Waals surface area contributed by atoms with E-state index in [1.165, 1.54) is 24.3 Å². The number of hydrogen-bond acceptors (Lipinski definition) is 5. The normalized spacial score (nSPS) is 10.8. The van der Waals surface area contributed by atoms with Crippen LogP contribution in [0.1, 0.15) is 23.0 Å². The van der Waals surface area contributed by atoms with Gasteiger partial charge in [0.2, 0.25) is 0 Å². The summed E-state index contributed by atoms with van der Waals surface area (Å²) in [5.41, 5.74) is 1.38. The molecule has 0 aliphatic carbocycles. The Hall–Kier alpha value is -3.07. The number of hydrogen-bond donors (Lipinski definition) is 1. The van der Waals surface area contributed by atoms with Crippen LogP contribution in [0.3, 0.4) is 0 Å². The Bertz CT molecular complexity index is 1180. The smallest absolute Gasteiger partial charge is 0.338 e. The van der Waals surface area contributed by atoms with Gasteiger partial charge in [-0.25, -0.2) is 14.2 Å². The van der Waals surface area contributed by atoms with Gasteiger partial charge in [-0.05, 0) is 50.2 Å². The molecule has 29 heavy (non-hydrogen) atoms. The lowest BCUT2D eigenvalue weighted by molar-refractivity contribution is -0.119. The number of halogens is 2. The SMILES string of the molecule is CCn1c(=O)c(C)nc2cc(C(=O)OCC(=O)Nc3ccc(Br)cc3F)ccc21. The first kappa shape index (κ1) is 20.7. The summed E-state index contributed by atoms with van der Waals surface area (Å²) < 4.78 is 20.9. The van der Waals surface area contributed by atoms with Crippen LogP contribution in [0.4, 0.5) is 10.1 Å². The zero-order chi connectivity index (χ0) is 21.1. The van der Waals surface area contributed by atoms with Crippen molar-refractivity contribution in [2.45, 2.75) is 20.4 Å². The second-order valence-corrected chi connectivity index (χ2v) is 7.11. The van der Waals surface area contributed by atoms with Crippen LogP contribution in [0, 0.1) is 12.7 Å². The summed E-state index contributed by atoms with van der Waals surface area (Å²) in [6, 6.07) is 8.79. The van der Waals surface area contributed by atoms with Crippen LogP contribution in [0.15, 0.2) is 45.7 Å². The molecule has 3 rings (SSSR count). The van der Waals surface area contributed by atoms with Gasteiger partial charge in [0, 0.05) is 11.0 Å². The maximum atomic E-state index is 13.8. The number of carbonyl (C=O) groups excluding carboxylic acids is 2. The Morgan fingerprint density at radius 1 is 1.24 bits per heavy atom. The predicted molar refractivity (Wildman–Crippen MR) is 109 cm³/mol. The highest BCUT2D eigenvalue weighted by molar-refractivity contribution is 9.10. The Balaban J connectivity index is 1.72. The standard InChI is InChI=1S/C20H17BrFN3O4/c1-3-25-17-7-4-12(8-16(17)23-11(2)19(25)27)20(28)29-10-18(26)24-15-6-5-13(21)9-14(15)22/h4-9H,3,10H2,1-2H3,(H,24,26). The van der Waals surface area contributed by atoms with Gasteiger partial charge < -0.3 is 14.6 Å². The summed E-state index contributed by atoms with van der Waals surface area (Å²) in [5.74, 6) is -2.02. The van der Waals surface area contributed by atoms with Gasteiger partial charge >= 0.3 is 5.97 Å². The van der Waals surface area contributed by atoms with Crippen LogP contribution in [0.25, 0.3) is 11.0 Å². The number of nitrogens with zero attached hydrogens (tertiary/aromatic N) is 2. The van der Waals surface area contributed by atoms with Crippen molar-refractivity contribution in [1.29, 1.82) is 0 Å². The highest BCUT2D eigenvalue weighted by atomic mass is 79.9. The molecule has 0 saturated carbocycles. The van der Waals surface area contributed by atoms with Gasteiger partial charge in [0.25, 0.3) is 11.5 Å². The molecule has 1 aromatic heterocycles. The largest absolute Gasteiger partial charge is 0.452 e. The van der Waals surface area contributed by atoms with Gasteiger partial charge in [-0.2, -0.15) is 0 Å². The monoisotopic (exact) mass is 461 g/mol. The molecule has 0 fully saturated rings. The van der Waals surface area contributed by atoms with Gasteiger partial charge in [0.1, 0.15) is 11.5 Å². The number of rotatable bonds is 5. The molecule has 0 saturated heterocycles. The summed E-state index contributed by atoms with van der Waals surface area (Å²) in [6.45, 7) is 3.34. The summed E-state index contributed by atoms with van der Waals surface area (Å²) >= 11 is 3.13. The minimum Gasteiger partial charge on any atom is -0.452 e. The van der Waals surface area contributed by atoms with E-state index in [9.17, 15) is 18.8 Å². The molecular formula is C20H17BrFN3O4. The number of carbonyl (C=O) groups is 2. The minimum atomic E-state index is -0.730. The van der Waals surface area contributed by atoms with Gasteiger partial charge in [-0.15, -0.1) is 0 Å². The predicted octanol–water partition coefficient (Wildman–Crippen LogP) is 3.42. The summed E-state index contributed by atoms with van der Waals surface area (Å²) in [5, 5.41) is 2.34. The lowest BCUT2D eigenvalue weighted by Gasteiger charge is -2.10. The topological polar surface area (TPSA) is 90.3 Å². The van der Waals surface area contributed by atoms with Crippen LogP contribution in [-0.2, 0) is 16.1 Å². The van der Waals surface area contributed by atoms with E-state index < -0.39 is 24.3 Å². The second-order valence-electron chi connectivity index (χ2n) is 6.20. The lowest BCUT2D eigenvalue weighted by Crippen LogP contribution is -2.24. The van der Waals surface area contributed by atoms with E-state index in [-0.39, 0.29) is 16.8 Å². The zero-order valence-electron chi connectivity index (χ0n) is 15.7. The molecule has 1 N–H and O–H groups in total. The van der Waals surface area contributed by atoms with Crippen LogP contribution >= 0.6 is 15.9 Å². The number of anilines is 1. The molecule has 7 nitrogen and oxygen atoms in total. The Kier molecular flexibility index (Phi) is 6.07. The highest BCUT2D eigenvalue weighted by Crippen LogP contribution is 2.19. The quantitative estimate of drug-likeness (QED) is 0.587. The van der Waals surface area contributed by atoms with Gasteiger partial charge in [0.15, 0.2) is 6.61 Å². The van der Waals surface area contributed by atoms with Crippen molar-refractivity contribution in [1.82, 2.24) is 9.55 Å². The highest BCUT2D eigenvalue weighted by Gasteiger charge is 2.14. The number of benzene rings is 2. The summed E-state index contributed by atoms with van der Waals surface area (Å²) in [7, 11) is 0. The number of nitrogens with one attached hydrogen (secondary N) is 1. The van der Waals surface area contributed by atoms with Crippen LogP contribution < -0.4 is 10.9 Å². The molecule has 0 spiro atoms. The fourth-order valence-corrected chi connectivity index (χ4v) is 3.14. The van der Waals surface area contributed by atoms with Gasteiger partial charge in [-0.3, -0.25) is 9.59 Å². The Labute approximate surface area is 173 Å². The van der Waals surface area contributed by atoms with Crippen molar-refractivity contribution in [2.24, 2.45) is 0 Å². The van der Waals surface area contributed by atoms with Crippen LogP contribution in [0.5, 0.6) is 0 Å². The molecule has 0 unspecified atom stereocenters. The van der Waals surface area contributed by atoms with Crippen molar-refractivity contribution >= 4 is 44.5 Å². The Morgan fingerprint density at radius 3 is 2.69 bits per heavy atom. The lowest BCUT2D eigenvalue weighted by atomic mass is 10.2. The van der Waals surface area contributed by atoms with E-state index in [2.05, 4.69) is 26.2 Å². The number of aryl methyl sites for hydroxylation is 2. The summed E-state index contributed by atoms with van der Waals surface area (Å²) in [4.78, 5) is 40.6. The van der Waals surface area contributed by atoms with Crippen LogP contribution in [0.2, 0.25) is 0 Å². The van der Waals surface area contributed by atoms with Gasteiger partial charge in [-0.1, -0.05) is 15.9 Å². The molecule has 2 aromatic carbocycles. The third-order valence-corrected chi connectivity index (χ3v) is 4.69. The van der Waals surface area contributed by atoms with Crippen LogP contribution in [-0.4, -0.2) is 28.0 Å². The molecule has 0 atom stereocenters. The third kappa shape index (κ3) is 4.51. The Morgan fingerprint density at radius 2 is 2.00 bits per heavy atom. The van der Waals surface area contributed by atoms with Crippen molar-refractivity contribution in [2.75, 3.05) is 11.9 Å². The minimum absolute atomic E-state index is 0.0165. The zero-order valence-corrected chi connectivity index (χ0v) is 17.2. The average molecular weight is 462 g/mol. The molecule has 0 bridgehead atoms. The maximum Gasteiger partial charge on any atom is 0.338 e. The molecule has 1 amide bonds. The molecule has 3 aromatic rings. The van der Waals surface area contributed by atoms with E-state index in [4.69, 9.17) is 4.74 Å². The van der Waals surface area contributed by atoms with E-state index in [1.807, 2.05) is 6.92 Å². The number of amides is 1. The van der Waals surface area contributed by atoms with E-state index in [0.717, 1.165) is 0 Å². The molecule has 0 radical (unpaired) electrons. The molecule has 0 aliphatic heterocycles. The van der Waals surface area contributed by atoms with Crippen molar-refractivity contribution in [3.8, 4) is 0 Å². The van der Waals surface area contributed by atoms with E-state index in [1.54, 1.807) is 23.6 Å². The molecule has 150 valence electrons. The fraction of sp³-hybridized carbons (Fsp3) is 0.200. The van der Waals surface area contributed by atoms with Crippen molar-refractivity contribution in [3.63, 3.8) is 0 Å². The first-order chi connectivity index (χ1) is 13.8. The number of aromatic nitrogens is 2. The molecule has 9 heteroatoms. The third-order valence-electron chi connectivity index (χ3n) is 4.20. The molecule has 0 aliphatic rings. The first-order valence-electron chi connectivity index (χ1n) is 8.73. The molecule has 1 heterocycles. The van der Waals surface area contributed by atoms with E-state index >= 15 is 0 Å². The van der Waals surface area contributed by atoms with Gasteiger partial charge in [0.05, 0.1) is 22.3 Å². The molecular weight excluding hydrogens is 445 g/mol. The summed E-state index contributed by atoms with van der Waals surface area (Å²) in [6.07, 6.45) is 0. The number of fused-ring (bicyclic) bond motifs is 1. The maximum absolute atomic E-state index is 13.8. The second kappa shape index (κ2) is 8.52. The number of esters is 1. The number of ether oxygens (including phenoxy) is 1. The van der Waals surface area contributed by atoms with Crippen molar-refractivity contribution < 1.29 is 18.7 Å². The fourth-order valence-electron chi connectivity index (χ4n) is 2.81.